The van der Waals surface area contributed by atoms with Crippen molar-refractivity contribution in [3.63, 3.8) is 0 Å². The number of amides is 1. The topological polar surface area (TPSA) is 58.6 Å². The minimum Gasteiger partial charge on any atom is -0.478 e. The van der Waals surface area contributed by atoms with E-state index in [1.807, 2.05) is 0 Å². The summed E-state index contributed by atoms with van der Waals surface area (Å²) in [6, 6.07) is 5.68. The summed E-state index contributed by atoms with van der Waals surface area (Å²) in [5.41, 5.74) is -1.03. The summed E-state index contributed by atoms with van der Waals surface area (Å²) >= 11 is 0. The molecule has 1 aliphatic rings. The lowest BCUT2D eigenvalue weighted by molar-refractivity contribution is -0.135. The molecular weight excluding hydrogens is 273 g/mol. The predicted octanol–water partition coefficient (Wildman–Crippen LogP) is 2.40. The molecule has 116 valence electrons. The number of halogens is 1. The van der Waals surface area contributed by atoms with Crippen molar-refractivity contribution in [2.45, 2.75) is 57.3 Å². The van der Waals surface area contributed by atoms with Gasteiger partial charge in [0.05, 0.1) is 6.10 Å². The first kappa shape index (κ1) is 15.8. The molecule has 21 heavy (non-hydrogen) atoms. The molecule has 1 aromatic rings. The molecule has 1 aromatic carbocycles. The fraction of sp³-hybridized carbons (Fsp3) is 0.562. The molecule has 0 spiro atoms. The highest BCUT2D eigenvalue weighted by atomic mass is 19.1. The van der Waals surface area contributed by atoms with Crippen molar-refractivity contribution in [1.82, 2.24) is 5.32 Å². The third-order valence-corrected chi connectivity index (χ3v) is 3.77. The number of hydrogen-bond acceptors (Lipinski definition) is 3. The van der Waals surface area contributed by atoms with Gasteiger partial charge in [-0.25, -0.2) is 4.39 Å². The van der Waals surface area contributed by atoms with Crippen molar-refractivity contribution in [3.05, 3.63) is 30.1 Å². The zero-order valence-corrected chi connectivity index (χ0v) is 12.4. The quantitative estimate of drug-likeness (QED) is 0.897. The third kappa shape index (κ3) is 4.43. The van der Waals surface area contributed by atoms with Crippen LogP contribution in [0.1, 0.15) is 39.5 Å². The van der Waals surface area contributed by atoms with Crippen LogP contribution in [0, 0.1) is 5.82 Å². The molecule has 5 heteroatoms. The van der Waals surface area contributed by atoms with Crippen LogP contribution in [0.15, 0.2) is 24.3 Å². The number of nitrogens with one attached hydrogen (secondary N) is 1. The van der Waals surface area contributed by atoms with E-state index in [1.165, 1.54) is 24.3 Å². The SMILES string of the molecule is CC(C)(Oc1ccc(F)cc1)C(=O)NC1CCC(O)CC1. The van der Waals surface area contributed by atoms with Crippen LogP contribution in [0.4, 0.5) is 4.39 Å². The fourth-order valence-electron chi connectivity index (χ4n) is 2.42. The van der Waals surface area contributed by atoms with Crippen molar-refractivity contribution in [2.75, 3.05) is 0 Å². The molecule has 1 aliphatic carbocycles. The monoisotopic (exact) mass is 295 g/mol. The van der Waals surface area contributed by atoms with E-state index in [9.17, 15) is 14.3 Å². The van der Waals surface area contributed by atoms with Gasteiger partial charge in [0.25, 0.3) is 5.91 Å². The van der Waals surface area contributed by atoms with Crippen LogP contribution in [0.3, 0.4) is 0 Å². The molecule has 1 saturated carbocycles. The van der Waals surface area contributed by atoms with E-state index in [1.54, 1.807) is 13.8 Å². The Morgan fingerprint density at radius 2 is 1.81 bits per heavy atom. The molecule has 0 heterocycles. The smallest absolute Gasteiger partial charge is 0.263 e. The van der Waals surface area contributed by atoms with E-state index in [4.69, 9.17) is 4.74 Å². The second-order valence-electron chi connectivity index (χ2n) is 6.05. The maximum atomic E-state index is 12.9. The van der Waals surface area contributed by atoms with Crippen molar-refractivity contribution in [1.29, 1.82) is 0 Å². The number of benzene rings is 1. The number of carbonyl (C=O) groups is 1. The van der Waals surface area contributed by atoms with Gasteiger partial charge in [0, 0.05) is 6.04 Å². The van der Waals surface area contributed by atoms with Gasteiger partial charge < -0.3 is 15.2 Å². The highest BCUT2D eigenvalue weighted by Gasteiger charge is 2.32. The maximum Gasteiger partial charge on any atom is 0.263 e. The lowest BCUT2D eigenvalue weighted by atomic mass is 9.92. The predicted molar refractivity (Wildman–Crippen MR) is 77.5 cm³/mol. The Balaban J connectivity index is 1.91. The van der Waals surface area contributed by atoms with E-state index in [0.29, 0.717) is 18.6 Å². The van der Waals surface area contributed by atoms with Crippen LogP contribution in [-0.4, -0.2) is 28.8 Å². The molecule has 0 saturated heterocycles. The zero-order chi connectivity index (χ0) is 15.5. The van der Waals surface area contributed by atoms with E-state index >= 15 is 0 Å². The number of aliphatic hydroxyl groups excluding tert-OH is 1. The second-order valence-corrected chi connectivity index (χ2v) is 6.05. The first-order valence-electron chi connectivity index (χ1n) is 7.30. The lowest BCUT2D eigenvalue weighted by Gasteiger charge is -2.31. The second kappa shape index (κ2) is 6.43. The summed E-state index contributed by atoms with van der Waals surface area (Å²) in [5.74, 6) is -0.0887. The van der Waals surface area contributed by atoms with E-state index in [-0.39, 0.29) is 23.9 Å². The number of rotatable bonds is 4. The molecule has 2 rings (SSSR count). The number of aliphatic hydroxyl groups is 1. The number of carbonyl (C=O) groups excluding carboxylic acids is 1. The van der Waals surface area contributed by atoms with Crippen molar-refractivity contribution >= 4 is 5.91 Å². The average molecular weight is 295 g/mol. The van der Waals surface area contributed by atoms with Gasteiger partial charge in [0.2, 0.25) is 0 Å². The minimum absolute atomic E-state index is 0.0805. The Morgan fingerprint density at radius 1 is 1.24 bits per heavy atom. The molecule has 4 nitrogen and oxygen atoms in total. The first-order valence-corrected chi connectivity index (χ1v) is 7.30. The minimum atomic E-state index is -1.03. The first-order chi connectivity index (χ1) is 9.87. The molecule has 0 bridgehead atoms. The van der Waals surface area contributed by atoms with Gasteiger partial charge in [-0.15, -0.1) is 0 Å². The standard InChI is InChI=1S/C16H22FNO3/c1-16(2,21-14-9-3-11(17)4-10-14)15(20)18-12-5-7-13(19)8-6-12/h3-4,9-10,12-13,19H,5-8H2,1-2H3,(H,18,20). The molecule has 0 aliphatic heterocycles. The van der Waals surface area contributed by atoms with E-state index in [0.717, 1.165) is 12.8 Å². The molecule has 1 fully saturated rings. The van der Waals surface area contributed by atoms with E-state index < -0.39 is 5.60 Å². The van der Waals surface area contributed by atoms with Crippen LogP contribution in [0.5, 0.6) is 5.75 Å². The highest BCUT2D eigenvalue weighted by Crippen LogP contribution is 2.22. The fourth-order valence-corrected chi connectivity index (χ4v) is 2.42. The van der Waals surface area contributed by atoms with Crippen LogP contribution in [0.2, 0.25) is 0 Å². The molecular formula is C16H22FNO3. The summed E-state index contributed by atoms with van der Waals surface area (Å²) < 4.78 is 18.5. The molecule has 1 amide bonds. The van der Waals surface area contributed by atoms with Crippen LogP contribution in [0.25, 0.3) is 0 Å². The lowest BCUT2D eigenvalue weighted by Crippen LogP contribution is -2.51. The van der Waals surface area contributed by atoms with Crippen molar-refractivity contribution in [3.8, 4) is 5.75 Å². The summed E-state index contributed by atoms with van der Waals surface area (Å²) in [7, 11) is 0. The molecule has 0 radical (unpaired) electrons. The summed E-state index contributed by atoms with van der Waals surface area (Å²) in [6.07, 6.45) is 2.73. The average Bonchev–Trinajstić information content (AvgIpc) is 2.43. The Bertz CT molecular complexity index is 479. The largest absolute Gasteiger partial charge is 0.478 e. The van der Waals surface area contributed by atoms with E-state index in [2.05, 4.69) is 5.32 Å². The molecule has 0 aromatic heterocycles. The summed E-state index contributed by atoms with van der Waals surface area (Å²) in [6.45, 7) is 3.37. The van der Waals surface area contributed by atoms with Gasteiger partial charge in [-0.2, -0.15) is 0 Å². The Labute approximate surface area is 124 Å². The third-order valence-electron chi connectivity index (χ3n) is 3.77. The Hall–Kier alpha value is -1.62. The van der Waals surface area contributed by atoms with Gasteiger partial charge in [-0.1, -0.05) is 0 Å². The van der Waals surface area contributed by atoms with Gasteiger partial charge in [-0.3, -0.25) is 4.79 Å². The normalized spacial score (nSPS) is 22.7. The number of ether oxygens (including phenoxy) is 1. The zero-order valence-electron chi connectivity index (χ0n) is 12.4. The van der Waals surface area contributed by atoms with Crippen LogP contribution in [-0.2, 0) is 4.79 Å². The number of hydrogen-bond donors (Lipinski definition) is 2. The van der Waals surface area contributed by atoms with Gasteiger partial charge in [0.15, 0.2) is 5.60 Å². The highest BCUT2D eigenvalue weighted by molar-refractivity contribution is 5.85. The van der Waals surface area contributed by atoms with Crippen LogP contribution < -0.4 is 10.1 Å². The van der Waals surface area contributed by atoms with Crippen molar-refractivity contribution < 1.29 is 19.0 Å². The van der Waals surface area contributed by atoms with Gasteiger partial charge in [-0.05, 0) is 63.8 Å². The Morgan fingerprint density at radius 3 is 2.38 bits per heavy atom. The van der Waals surface area contributed by atoms with Crippen molar-refractivity contribution in [2.24, 2.45) is 0 Å². The van der Waals surface area contributed by atoms with Gasteiger partial charge >= 0.3 is 0 Å². The van der Waals surface area contributed by atoms with Gasteiger partial charge in [0.1, 0.15) is 11.6 Å². The molecule has 0 atom stereocenters. The summed E-state index contributed by atoms with van der Waals surface area (Å²) in [5, 5.41) is 12.4. The summed E-state index contributed by atoms with van der Waals surface area (Å²) in [4.78, 5) is 12.3. The Kier molecular flexibility index (Phi) is 4.83. The maximum absolute atomic E-state index is 12.9. The molecule has 2 N–H and O–H groups in total. The van der Waals surface area contributed by atoms with Crippen LogP contribution >= 0.6 is 0 Å². The molecule has 0 unspecified atom stereocenters.